The van der Waals surface area contributed by atoms with Gasteiger partial charge in [-0.05, 0) is 25.5 Å². The Balaban J connectivity index is 1.97. The Hall–Kier alpha value is -3.07. The van der Waals surface area contributed by atoms with Crippen LogP contribution in [-0.4, -0.2) is 34.6 Å². The molecular weight excluding hydrogens is 410 g/mol. The average molecular weight is 434 g/mol. The predicted octanol–water partition coefficient (Wildman–Crippen LogP) is 2.78. The number of benzene rings is 1. The summed E-state index contributed by atoms with van der Waals surface area (Å²) in [5.41, 5.74) is -2.94. The number of halogens is 2. The molecule has 7 nitrogen and oxygen atoms in total. The zero-order valence-corrected chi connectivity index (χ0v) is 17.5. The third-order valence-electron chi connectivity index (χ3n) is 5.85. The van der Waals surface area contributed by atoms with Gasteiger partial charge >= 0.3 is 0 Å². The summed E-state index contributed by atoms with van der Waals surface area (Å²) in [7, 11) is 1.47. The summed E-state index contributed by atoms with van der Waals surface area (Å²) >= 11 is 0. The van der Waals surface area contributed by atoms with Gasteiger partial charge < -0.3 is 19.7 Å². The van der Waals surface area contributed by atoms with Crippen LogP contribution in [0.15, 0.2) is 29.2 Å². The zero-order chi connectivity index (χ0) is 22.9. The number of nitrogens with zero attached hydrogens (tertiary/aromatic N) is 1. The minimum absolute atomic E-state index is 0.143. The Labute approximate surface area is 177 Å². The van der Waals surface area contributed by atoms with Gasteiger partial charge in [-0.15, -0.1) is 0 Å². The smallest absolute Gasteiger partial charge is 0.257 e. The standard InChI is InChI=1S/C22H24F2N2O5/c1-4-8-22(2)16(31-3)11-26-10-13(18(27)19(28)17(26)20(22)29)21(30)25-9-12-14(23)6-5-7-15(12)24/h5-7,10,16,28H,4,8-9,11H2,1-3H3,(H,25,30)/t16-,22-/m0/s1. The highest BCUT2D eigenvalue weighted by Crippen LogP contribution is 2.39. The number of carbonyl (C=O) groups excluding carboxylic acids is 2. The second-order valence-corrected chi connectivity index (χ2v) is 7.83. The van der Waals surface area contributed by atoms with E-state index in [2.05, 4.69) is 5.32 Å². The number of aromatic hydroxyl groups is 1. The Bertz CT molecular complexity index is 1080. The summed E-state index contributed by atoms with van der Waals surface area (Å²) in [5.74, 6) is -3.88. The number of pyridine rings is 1. The Kier molecular flexibility index (Phi) is 6.26. The number of rotatable bonds is 6. The first-order valence-corrected chi connectivity index (χ1v) is 9.90. The molecule has 3 rings (SSSR count). The van der Waals surface area contributed by atoms with Crippen LogP contribution in [0.3, 0.4) is 0 Å². The van der Waals surface area contributed by atoms with Crippen molar-refractivity contribution >= 4 is 11.7 Å². The van der Waals surface area contributed by atoms with Crippen LogP contribution in [0.2, 0.25) is 0 Å². The topological polar surface area (TPSA) is 97.6 Å². The summed E-state index contributed by atoms with van der Waals surface area (Å²) in [5, 5.41) is 12.8. The number of hydrogen-bond acceptors (Lipinski definition) is 5. The van der Waals surface area contributed by atoms with Crippen molar-refractivity contribution in [2.75, 3.05) is 7.11 Å². The molecule has 2 N–H and O–H groups in total. The molecule has 0 bridgehead atoms. The molecule has 1 amide bonds. The first-order valence-electron chi connectivity index (χ1n) is 9.90. The number of fused-ring (bicyclic) bond motifs is 1. The molecule has 0 radical (unpaired) electrons. The van der Waals surface area contributed by atoms with E-state index in [0.29, 0.717) is 12.8 Å². The molecule has 1 aliphatic heterocycles. The fourth-order valence-corrected chi connectivity index (χ4v) is 4.08. The lowest BCUT2D eigenvalue weighted by Gasteiger charge is -2.40. The summed E-state index contributed by atoms with van der Waals surface area (Å²) in [6.45, 7) is 3.29. The van der Waals surface area contributed by atoms with Crippen molar-refractivity contribution in [1.29, 1.82) is 0 Å². The van der Waals surface area contributed by atoms with Crippen molar-refractivity contribution in [2.45, 2.75) is 45.9 Å². The van der Waals surface area contributed by atoms with Gasteiger partial charge in [0.25, 0.3) is 5.91 Å². The highest BCUT2D eigenvalue weighted by molar-refractivity contribution is 6.03. The maximum atomic E-state index is 13.8. The number of hydrogen-bond donors (Lipinski definition) is 2. The maximum Gasteiger partial charge on any atom is 0.257 e. The number of methoxy groups -OCH3 is 1. The van der Waals surface area contributed by atoms with Gasteiger partial charge in [-0.3, -0.25) is 14.4 Å². The number of nitrogens with one attached hydrogen (secondary N) is 1. The third-order valence-corrected chi connectivity index (χ3v) is 5.85. The third kappa shape index (κ3) is 3.85. The van der Waals surface area contributed by atoms with Crippen LogP contribution in [0.25, 0.3) is 0 Å². The minimum Gasteiger partial charge on any atom is -0.503 e. The molecule has 1 aromatic carbocycles. The largest absolute Gasteiger partial charge is 0.503 e. The molecule has 0 saturated heterocycles. The Morgan fingerprint density at radius 1 is 1.32 bits per heavy atom. The number of ether oxygens (including phenoxy) is 1. The molecule has 0 unspecified atom stereocenters. The number of ketones is 1. The van der Waals surface area contributed by atoms with E-state index in [4.69, 9.17) is 4.74 Å². The van der Waals surface area contributed by atoms with E-state index in [0.717, 1.165) is 12.1 Å². The van der Waals surface area contributed by atoms with Crippen molar-refractivity contribution < 1.29 is 28.2 Å². The molecule has 0 fully saturated rings. The summed E-state index contributed by atoms with van der Waals surface area (Å²) in [6.07, 6.45) is 1.83. The summed E-state index contributed by atoms with van der Waals surface area (Å²) in [4.78, 5) is 38.4. The predicted molar refractivity (Wildman–Crippen MR) is 108 cm³/mol. The van der Waals surface area contributed by atoms with E-state index in [9.17, 15) is 28.3 Å². The van der Waals surface area contributed by atoms with E-state index < -0.39 is 58.1 Å². The number of Topliss-reactive ketones (excluding diaryl/α,β-unsaturated/α-hetero) is 1. The molecule has 1 aliphatic rings. The van der Waals surface area contributed by atoms with Crippen LogP contribution in [0.4, 0.5) is 8.78 Å². The van der Waals surface area contributed by atoms with Gasteiger partial charge in [0, 0.05) is 25.4 Å². The van der Waals surface area contributed by atoms with E-state index in [1.54, 1.807) is 6.92 Å². The molecular formula is C22H24F2N2O5. The van der Waals surface area contributed by atoms with Crippen LogP contribution in [0, 0.1) is 17.0 Å². The van der Waals surface area contributed by atoms with E-state index in [1.165, 1.54) is 23.9 Å². The minimum atomic E-state index is -1.03. The molecule has 1 aromatic heterocycles. The summed E-state index contributed by atoms with van der Waals surface area (Å²) < 4.78 is 34.4. The molecule has 0 saturated carbocycles. The molecule has 2 heterocycles. The fraction of sp³-hybridized carbons (Fsp3) is 0.409. The van der Waals surface area contributed by atoms with E-state index in [1.807, 2.05) is 6.92 Å². The Morgan fingerprint density at radius 3 is 2.55 bits per heavy atom. The van der Waals surface area contributed by atoms with Crippen LogP contribution in [-0.2, 0) is 17.8 Å². The molecule has 2 atom stereocenters. The highest BCUT2D eigenvalue weighted by Gasteiger charge is 2.47. The van der Waals surface area contributed by atoms with Crippen molar-refractivity contribution in [3.63, 3.8) is 0 Å². The first-order chi connectivity index (χ1) is 14.7. The molecule has 0 aliphatic carbocycles. The maximum absolute atomic E-state index is 13.8. The van der Waals surface area contributed by atoms with Crippen molar-refractivity contribution in [3.05, 3.63) is 63.1 Å². The van der Waals surface area contributed by atoms with Gasteiger partial charge in [-0.2, -0.15) is 0 Å². The van der Waals surface area contributed by atoms with Gasteiger partial charge in [0.15, 0.2) is 11.5 Å². The molecule has 0 spiro atoms. The zero-order valence-electron chi connectivity index (χ0n) is 17.5. The summed E-state index contributed by atoms with van der Waals surface area (Å²) in [6, 6.07) is 3.29. The fourth-order valence-electron chi connectivity index (χ4n) is 4.08. The van der Waals surface area contributed by atoms with Gasteiger partial charge in [0.2, 0.25) is 5.43 Å². The van der Waals surface area contributed by atoms with E-state index >= 15 is 0 Å². The monoisotopic (exact) mass is 434 g/mol. The number of aromatic nitrogens is 1. The Morgan fingerprint density at radius 2 is 1.97 bits per heavy atom. The molecule has 2 aromatic rings. The van der Waals surface area contributed by atoms with Crippen LogP contribution >= 0.6 is 0 Å². The van der Waals surface area contributed by atoms with Gasteiger partial charge in [-0.25, -0.2) is 8.78 Å². The second kappa shape index (κ2) is 8.58. The van der Waals surface area contributed by atoms with E-state index in [-0.39, 0.29) is 17.8 Å². The van der Waals surface area contributed by atoms with Crippen molar-refractivity contribution in [3.8, 4) is 5.75 Å². The lowest BCUT2D eigenvalue weighted by atomic mass is 9.72. The quantitative estimate of drug-likeness (QED) is 0.729. The van der Waals surface area contributed by atoms with Crippen LogP contribution < -0.4 is 10.7 Å². The normalized spacial score (nSPS) is 20.4. The van der Waals surface area contributed by atoms with Crippen LogP contribution in [0.1, 0.15) is 53.1 Å². The second-order valence-electron chi connectivity index (χ2n) is 7.83. The lowest BCUT2D eigenvalue weighted by Crippen LogP contribution is -2.49. The van der Waals surface area contributed by atoms with Crippen molar-refractivity contribution in [1.82, 2.24) is 9.88 Å². The first kappa shape index (κ1) is 22.6. The molecule has 166 valence electrons. The van der Waals surface area contributed by atoms with Gasteiger partial charge in [0.1, 0.15) is 22.9 Å². The van der Waals surface area contributed by atoms with Crippen LogP contribution in [0.5, 0.6) is 5.75 Å². The van der Waals surface area contributed by atoms with Gasteiger partial charge in [-0.1, -0.05) is 19.4 Å². The number of carbonyl (C=O) groups is 2. The lowest BCUT2D eigenvalue weighted by molar-refractivity contribution is -0.0184. The average Bonchev–Trinajstić information content (AvgIpc) is 2.72. The highest BCUT2D eigenvalue weighted by atomic mass is 19.1. The molecule has 9 heteroatoms. The van der Waals surface area contributed by atoms with Crippen molar-refractivity contribution in [2.24, 2.45) is 5.41 Å². The SMILES string of the molecule is CCC[C@]1(C)C(=O)c2c(O)c(=O)c(C(=O)NCc3c(F)cccc3F)cn2C[C@@H]1OC. The molecule has 31 heavy (non-hydrogen) atoms. The number of amides is 1. The van der Waals surface area contributed by atoms with Gasteiger partial charge in [0.05, 0.1) is 18.1 Å².